The molecule has 158 valence electrons. The number of hydrogen-bond donors (Lipinski definition) is 1. The van der Waals surface area contributed by atoms with Crippen LogP contribution < -0.4 is 10.1 Å². The Kier molecular flexibility index (Phi) is 8.21. The Morgan fingerprint density at radius 1 is 1.07 bits per heavy atom. The lowest BCUT2D eigenvalue weighted by Gasteiger charge is -2.11. The van der Waals surface area contributed by atoms with Gasteiger partial charge in [0, 0.05) is 11.4 Å². The zero-order valence-electron chi connectivity index (χ0n) is 17.4. The minimum Gasteiger partial charge on any atom is -0.492 e. The maximum Gasteiger partial charge on any atom is 0.234 e. The first-order valence-electron chi connectivity index (χ1n) is 9.86. The molecule has 3 aromatic rings. The number of ether oxygens (including phenoxy) is 1. The fraction of sp³-hybridized carbons (Fsp3) is 0.318. The first-order valence-corrected chi connectivity index (χ1v) is 11.8. The predicted octanol–water partition coefficient (Wildman–Crippen LogP) is 5.03. The molecule has 0 fully saturated rings. The summed E-state index contributed by atoms with van der Waals surface area (Å²) in [6.07, 6.45) is 0. The van der Waals surface area contributed by atoms with Gasteiger partial charge in [-0.2, -0.15) is 0 Å². The third kappa shape index (κ3) is 6.03. The molecule has 0 aliphatic heterocycles. The Bertz CT molecular complexity index is 974. The number of aromatic nitrogens is 3. The smallest absolute Gasteiger partial charge is 0.234 e. The molecule has 0 radical (unpaired) electrons. The molecule has 1 heterocycles. The van der Waals surface area contributed by atoms with Gasteiger partial charge in [0.05, 0.1) is 23.8 Å². The van der Waals surface area contributed by atoms with Crippen molar-refractivity contribution in [2.24, 2.45) is 0 Å². The monoisotopic (exact) mass is 442 g/mol. The van der Waals surface area contributed by atoms with Crippen molar-refractivity contribution in [2.75, 3.05) is 17.7 Å². The van der Waals surface area contributed by atoms with Crippen molar-refractivity contribution in [3.63, 3.8) is 0 Å². The number of nitrogens with one attached hydrogen (secondary N) is 1. The molecular formula is C22H26N4O2S2. The number of carbonyl (C=O) groups excluding carboxylic acids is 1. The van der Waals surface area contributed by atoms with E-state index in [0.717, 1.165) is 23.3 Å². The SMILES string of the molecule is CCOc1ccccc1NC(=O)CSc1nnc(CSc2ccc(C)cc2)n1CC. The summed E-state index contributed by atoms with van der Waals surface area (Å²) in [5.41, 5.74) is 1.93. The van der Waals surface area contributed by atoms with E-state index in [9.17, 15) is 4.79 Å². The number of carbonyl (C=O) groups is 1. The lowest BCUT2D eigenvalue weighted by molar-refractivity contribution is -0.113. The maximum absolute atomic E-state index is 12.4. The second-order valence-electron chi connectivity index (χ2n) is 6.51. The van der Waals surface area contributed by atoms with E-state index < -0.39 is 0 Å². The Morgan fingerprint density at radius 2 is 1.83 bits per heavy atom. The Balaban J connectivity index is 1.57. The van der Waals surface area contributed by atoms with E-state index in [4.69, 9.17) is 4.74 Å². The highest BCUT2D eigenvalue weighted by molar-refractivity contribution is 7.99. The van der Waals surface area contributed by atoms with Crippen LogP contribution in [0, 0.1) is 6.92 Å². The topological polar surface area (TPSA) is 69.0 Å². The number of thioether (sulfide) groups is 2. The van der Waals surface area contributed by atoms with E-state index in [1.54, 1.807) is 11.8 Å². The second-order valence-corrected chi connectivity index (χ2v) is 8.50. The number of para-hydroxylation sites is 2. The molecule has 3 rings (SSSR count). The van der Waals surface area contributed by atoms with E-state index in [1.807, 2.05) is 31.2 Å². The molecule has 0 saturated carbocycles. The van der Waals surface area contributed by atoms with Crippen LogP contribution >= 0.6 is 23.5 Å². The van der Waals surface area contributed by atoms with E-state index in [0.29, 0.717) is 18.0 Å². The lowest BCUT2D eigenvalue weighted by atomic mass is 10.2. The summed E-state index contributed by atoms with van der Waals surface area (Å²) in [5.74, 6) is 2.47. The standard InChI is InChI=1S/C22H26N4O2S2/c1-4-26-20(14-29-17-12-10-16(3)11-13-17)24-25-22(26)30-15-21(27)23-18-8-6-7-9-19(18)28-5-2/h6-13H,4-5,14-15H2,1-3H3,(H,23,27). The Hall–Kier alpha value is -2.45. The van der Waals surface area contributed by atoms with E-state index in [-0.39, 0.29) is 11.7 Å². The molecule has 0 unspecified atom stereocenters. The molecule has 1 aromatic heterocycles. The van der Waals surface area contributed by atoms with Crippen molar-refractivity contribution in [3.05, 3.63) is 59.9 Å². The van der Waals surface area contributed by atoms with Crippen molar-refractivity contribution in [1.82, 2.24) is 14.8 Å². The van der Waals surface area contributed by atoms with Gasteiger partial charge in [-0.15, -0.1) is 22.0 Å². The summed E-state index contributed by atoms with van der Waals surface area (Å²) in [5, 5.41) is 12.3. The van der Waals surface area contributed by atoms with Crippen LogP contribution in [0.1, 0.15) is 25.2 Å². The van der Waals surface area contributed by atoms with Crippen LogP contribution in [0.4, 0.5) is 5.69 Å². The third-order valence-electron chi connectivity index (χ3n) is 4.29. The van der Waals surface area contributed by atoms with Crippen LogP contribution in [0.25, 0.3) is 0 Å². The minimum atomic E-state index is -0.103. The minimum absolute atomic E-state index is 0.103. The zero-order valence-corrected chi connectivity index (χ0v) is 19.1. The molecular weight excluding hydrogens is 416 g/mol. The summed E-state index contributed by atoms with van der Waals surface area (Å²) in [6, 6.07) is 15.9. The first-order chi connectivity index (χ1) is 14.6. The molecule has 0 aliphatic carbocycles. The van der Waals surface area contributed by atoms with Crippen LogP contribution in [-0.4, -0.2) is 33.0 Å². The van der Waals surface area contributed by atoms with E-state index >= 15 is 0 Å². The third-order valence-corrected chi connectivity index (χ3v) is 6.27. The van der Waals surface area contributed by atoms with Crippen molar-refractivity contribution in [1.29, 1.82) is 0 Å². The number of amides is 1. The van der Waals surface area contributed by atoms with Crippen molar-refractivity contribution in [3.8, 4) is 5.75 Å². The molecule has 30 heavy (non-hydrogen) atoms. The van der Waals surface area contributed by atoms with Crippen LogP contribution in [0.5, 0.6) is 5.75 Å². The summed E-state index contributed by atoms with van der Waals surface area (Å²) in [7, 11) is 0. The molecule has 0 spiro atoms. The molecule has 0 bridgehead atoms. The largest absolute Gasteiger partial charge is 0.492 e. The van der Waals surface area contributed by atoms with Crippen LogP contribution in [0.3, 0.4) is 0 Å². The molecule has 6 nitrogen and oxygen atoms in total. The molecule has 2 aromatic carbocycles. The molecule has 0 aliphatic rings. The number of nitrogens with zero attached hydrogens (tertiary/aromatic N) is 3. The zero-order chi connectivity index (χ0) is 21.3. The average molecular weight is 443 g/mol. The van der Waals surface area contributed by atoms with Gasteiger partial charge in [-0.25, -0.2) is 0 Å². The summed E-state index contributed by atoms with van der Waals surface area (Å²) in [6.45, 7) is 7.36. The maximum atomic E-state index is 12.4. The molecule has 1 amide bonds. The molecule has 0 atom stereocenters. The predicted molar refractivity (Wildman–Crippen MR) is 123 cm³/mol. The number of hydrogen-bond acceptors (Lipinski definition) is 6. The number of anilines is 1. The van der Waals surface area contributed by atoms with Gasteiger partial charge in [-0.3, -0.25) is 4.79 Å². The highest BCUT2D eigenvalue weighted by Gasteiger charge is 2.14. The number of aryl methyl sites for hydroxylation is 1. The van der Waals surface area contributed by atoms with Gasteiger partial charge in [0.1, 0.15) is 11.6 Å². The quantitative estimate of drug-likeness (QED) is 0.444. The van der Waals surface area contributed by atoms with Gasteiger partial charge < -0.3 is 14.6 Å². The van der Waals surface area contributed by atoms with Crippen molar-refractivity contribution < 1.29 is 9.53 Å². The van der Waals surface area contributed by atoms with Crippen molar-refractivity contribution in [2.45, 2.75) is 43.1 Å². The fourth-order valence-electron chi connectivity index (χ4n) is 2.80. The average Bonchev–Trinajstić information content (AvgIpc) is 3.15. The van der Waals surface area contributed by atoms with Crippen LogP contribution in [0.2, 0.25) is 0 Å². The normalized spacial score (nSPS) is 10.8. The lowest BCUT2D eigenvalue weighted by Crippen LogP contribution is -2.15. The highest BCUT2D eigenvalue weighted by atomic mass is 32.2. The van der Waals surface area contributed by atoms with Gasteiger partial charge in [-0.1, -0.05) is 41.6 Å². The number of benzene rings is 2. The van der Waals surface area contributed by atoms with Crippen LogP contribution in [-0.2, 0) is 17.1 Å². The fourth-order valence-corrected chi connectivity index (χ4v) is 4.46. The van der Waals surface area contributed by atoms with Gasteiger partial charge in [0.2, 0.25) is 5.91 Å². The van der Waals surface area contributed by atoms with Gasteiger partial charge in [0.25, 0.3) is 0 Å². The van der Waals surface area contributed by atoms with E-state index in [2.05, 4.69) is 58.2 Å². The van der Waals surface area contributed by atoms with Crippen molar-refractivity contribution >= 4 is 35.1 Å². The van der Waals surface area contributed by atoms with Gasteiger partial charge >= 0.3 is 0 Å². The Morgan fingerprint density at radius 3 is 2.57 bits per heavy atom. The molecule has 0 saturated heterocycles. The number of rotatable bonds is 10. The summed E-state index contributed by atoms with van der Waals surface area (Å²) < 4.78 is 7.62. The van der Waals surface area contributed by atoms with Gasteiger partial charge in [0.15, 0.2) is 5.16 Å². The summed E-state index contributed by atoms with van der Waals surface area (Å²) >= 11 is 3.12. The molecule has 8 heteroatoms. The molecule has 1 N–H and O–H groups in total. The van der Waals surface area contributed by atoms with Gasteiger partial charge in [-0.05, 0) is 45.0 Å². The highest BCUT2D eigenvalue weighted by Crippen LogP contribution is 2.26. The Labute approximate surface area is 185 Å². The van der Waals surface area contributed by atoms with E-state index in [1.165, 1.54) is 22.2 Å². The second kappa shape index (κ2) is 11.1. The van der Waals surface area contributed by atoms with Crippen LogP contribution in [0.15, 0.2) is 58.6 Å². The summed E-state index contributed by atoms with van der Waals surface area (Å²) in [4.78, 5) is 13.6. The first kappa shape index (κ1) is 22.2.